The lowest BCUT2D eigenvalue weighted by Gasteiger charge is -2.40. The van der Waals surface area contributed by atoms with E-state index in [1.54, 1.807) is 12.1 Å². The van der Waals surface area contributed by atoms with Gasteiger partial charge in [0.1, 0.15) is 59.5 Å². The third-order valence-electron chi connectivity index (χ3n) is 6.85. The van der Waals surface area contributed by atoms with Gasteiger partial charge in [0.25, 0.3) is 0 Å². The van der Waals surface area contributed by atoms with Crippen molar-refractivity contribution in [1.29, 1.82) is 0 Å². The molecule has 2 saturated heterocycles. The Labute approximate surface area is 220 Å². The summed E-state index contributed by atoms with van der Waals surface area (Å²) in [5.74, 6) is 0.181. The van der Waals surface area contributed by atoms with Gasteiger partial charge in [-0.05, 0) is 29.8 Å². The molecule has 0 saturated carbocycles. The molecule has 2 aromatic carbocycles. The number of hydrogen-bond acceptors (Lipinski definition) is 13. The van der Waals surface area contributed by atoms with E-state index in [4.69, 9.17) is 23.4 Å². The molecule has 8 atom stereocenters. The topological polar surface area (TPSA) is 209 Å². The average Bonchev–Trinajstić information content (AvgIpc) is 3.22. The van der Waals surface area contributed by atoms with E-state index in [0.29, 0.717) is 5.56 Å². The Morgan fingerprint density at radius 1 is 0.974 bits per heavy atom. The number of aliphatic hydroxyl groups is 6. The molecule has 2 aliphatic heterocycles. The van der Waals surface area contributed by atoms with Crippen LogP contribution in [0.1, 0.15) is 0 Å². The molecule has 13 nitrogen and oxygen atoms in total. The zero-order valence-electron chi connectivity index (χ0n) is 20.4. The number of aromatic hydroxyl groups is 1. The molecule has 0 spiro atoms. The van der Waals surface area contributed by atoms with E-state index < -0.39 is 61.9 Å². The second-order valence-corrected chi connectivity index (χ2v) is 9.54. The normalized spacial score (nSPS) is 32.9. The molecular formula is C26H28O13. The average molecular weight is 548 g/mol. The molecule has 210 valence electrons. The summed E-state index contributed by atoms with van der Waals surface area (Å²) in [6.07, 6.45) is -9.29. The van der Waals surface area contributed by atoms with Gasteiger partial charge in [0, 0.05) is 6.07 Å². The summed E-state index contributed by atoms with van der Waals surface area (Å²) >= 11 is 0. The van der Waals surface area contributed by atoms with E-state index in [-0.39, 0.29) is 40.1 Å². The van der Waals surface area contributed by atoms with Gasteiger partial charge in [0.15, 0.2) is 11.7 Å². The minimum absolute atomic E-state index is 0.0580. The molecule has 0 unspecified atom stereocenters. The van der Waals surface area contributed by atoms with Crippen molar-refractivity contribution in [3.63, 3.8) is 0 Å². The summed E-state index contributed by atoms with van der Waals surface area (Å²) < 4.78 is 27.5. The summed E-state index contributed by atoms with van der Waals surface area (Å²) in [7, 11) is 0. The Kier molecular flexibility index (Phi) is 7.61. The quantitative estimate of drug-likeness (QED) is 0.185. The maximum Gasteiger partial charge on any atom is 0.229 e. The van der Waals surface area contributed by atoms with Gasteiger partial charge in [0.2, 0.25) is 6.29 Å². The fourth-order valence-electron chi connectivity index (χ4n) is 4.43. The zero-order chi connectivity index (χ0) is 27.9. The maximum absolute atomic E-state index is 13.0. The van der Waals surface area contributed by atoms with Crippen LogP contribution in [0.15, 0.2) is 57.9 Å². The van der Waals surface area contributed by atoms with Gasteiger partial charge in [-0.1, -0.05) is 12.1 Å². The standard InChI is InChI=1S/C26H28O13/c27-10-26(34)11-37-25(23(26)33)36-9-18-20(30)21(31)22(32)24(39-18)38-14-5-6-15-17(7-14)35-8-16(19(15)29)12-1-3-13(28)4-2-12/h1-8,18,20-25,27-28,30-34H,9-11H2/t18-,20+,21+,22-,23-,24+,25+,26-/m0/s1. The van der Waals surface area contributed by atoms with Crippen LogP contribution in [0, 0.1) is 0 Å². The smallest absolute Gasteiger partial charge is 0.229 e. The van der Waals surface area contributed by atoms with Crippen LogP contribution in [0.25, 0.3) is 22.1 Å². The Hall–Kier alpha value is -3.11. The zero-order valence-corrected chi connectivity index (χ0v) is 20.4. The predicted molar refractivity (Wildman–Crippen MR) is 131 cm³/mol. The molecule has 0 radical (unpaired) electrons. The second kappa shape index (κ2) is 10.8. The summed E-state index contributed by atoms with van der Waals surface area (Å²) in [6, 6.07) is 10.4. The van der Waals surface area contributed by atoms with Gasteiger partial charge < -0.3 is 59.1 Å². The van der Waals surface area contributed by atoms with Crippen molar-refractivity contribution >= 4 is 11.0 Å². The molecule has 2 aliphatic rings. The first-order chi connectivity index (χ1) is 18.6. The summed E-state index contributed by atoms with van der Waals surface area (Å²) in [6.45, 7) is -1.58. The molecule has 1 aromatic heterocycles. The number of rotatable bonds is 7. The summed E-state index contributed by atoms with van der Waals surface area (Å²) in [5.41, 5.74) is -1.21. The van der Waals surface area contributed by atoms with Crippen molar-refractivity contribution in [1.82, 2.24) is 0 Å². The van der Waals surface area contributed by atoms with Crippen LogP contribution in [0.5, 0.6) is 11.5 Å². The Morgan fingerprint density at radius 3 is 2.41 bits per heavy atom. The van der Waals surface area contributed by atoms with Gasteiger partial charge >= 0.3 is 0 Å². The number of fused-ring (bicyclic) bond motifs is 1. The number of phenolic OH excluding ortho intramolecular Hbond substituents is 1. The van der Waals surface area contributed by atoms with Crippen LogP contribution in [0.4, 0.5) is 0 Å². The highest BCUT2D eigenvalue weighted by atomic mass is 16.7. The van der Waals surface area contributed by atoms with Crippen molar-refractivity contribution in [2.75, 3.05) is 19.8 Å². The van der Waals surface area contributed by atoms with Crippen LogP contribution in [0.2, 0.25) is 0 Å². The summed E-state index contributed by atoms with van der Waals surface area (Å²) in [4.78, 5) is 13.0. The maximum atomic E-state index is 13.0. The molecule has 39 heavy (non-hydrogen) atoms. The van der Waals surface area contributed by atoms with Crippen molar-refractivity contribution < 1.29 is 59.1 Å². The van der Waals surface area contributed by atoms with Crippen LogP contribution in [0.3, 0.4) is 0 Å². The predicted octanol–water partition coefficient (Wildman–Crippen LogP) is -1.19. The first-order valence-electron chi connectivity index (χ1n) is 12.1. The molecule has 0 bridgehead atoms. The van der Waals surface area contributed by atoms with Crippen molar-refractivity contribution in [3.8, 4) is 22.6 Å². The van der Waals surface area contributed by atoms with E-state index >= 15 is 0 Å². The van der Waals surface area contributed by atoms with Gasteiger partial charge in [-0.15, -0.1) is 0 Å². The lowest BCUT2D eigenvalue weighted by atomic mass is 9.99. The van der Waals surface area contributed by atoms with E-state index in [1.807, 2.05) is 0 Å². The highest BCUT2D eigenvalue weighted by Gasteiger charge is 2.50. The minimum Gasteiger partial charge on any atom is -0.508 e. The number of aliphatic hydroxyl groups excluding tert-OH is 5. The number of benzene rings is 2. The van der Waals surface area contributed by atoms with Crippen LogP contribution in [-0.4, -0.2) is 104 Å². The first kappa shape index (κ1) is 27.5. The van der Waals surface area contributed by atoms with E-state index in [2.05, 4.69) is 0 Å². The number of ether oxygens (including phenoxy) is 4. The highest BCUT2D eigenvalue weighted by Crippen LogP contribution is 2.30. The minimum atomic E-state index is -1.91. The number of phenols is 1. The molecule has 0 amide bonds. The van der Waals surface area contributed by atoms with E-state index in [9.17, 15) is 40.5 Å². The SMILES string of the molecule is O=c1c(-c2ccc(O)cc2)coc2cc(O[C@@H]3O[C@@H](CO[C@@H]4OC[C@@](O)(CO)[C@H]4O)[C@@H](O)[C@@H](O)[C@@H]3O)ccc12. The fourth-order valence-corrected chi connectivity index (χ4v) is 4.43. The van der Waals surface area contributed by atoms with Crippen molar-refractivity contribution in [2.45, 2.75) is 48.7 Å². The van der Waals surface area contributed by atoms with Crippen LogP contribution in [-0.2, 0) is 14.2 Å². The molecule has 13 heteroatoms. The molecule has 3 heterocycles. The van der Waals surface area contributed by atoms with Gasteiger partial charge in [-0.2, -0.15) is 0 Å². The van der Waals surface area contributed by atoms with Crippen molar-refractivity contribution in [2.24, 2.45) is 0 Å². The van der Waals surface area contributed by atoms with Gasteiger partial charge in [-0.25, -0.2) is 0 Å². The lowest BCUT2D eigenvalue weighted by Crippen LogP contribution is -2.60. The molecule has 0 aliphatic carbocycles. The van der Waals surface area contributed by atoms with E-state index in [1.165, 1.54) is 36.6 Å². The Bertz CT molecular complexity index is 1360. The van der Waals surface area contributed by atoms with E-state index in [0.717, 1.165) is 0 Å². The van der Waals surface area contributed by atoms with Crippen molar-refractivity contribution in [3.05, 3.63) is 59.0 Å². The Balaban J connectivity index is 1.30. The molecule has 2 fully saturated rings. The molecule has 3 aromatic rings. The molecule has 7 N–H and O–H groups in total. The Morgan fingerprint density at radius 2 is 1.72 bits per heavy atom. The largest absolute Gasteiger partial charge is 0.508 e. The lowest BCUT2D eigenvalue weighted by molar-refractivity contribution is -0.289. The van der Waals surface area contributed by atoms with Crippen LogP contribution < -0.4 is 10.2 Å². The fraction of sp³-hybridized carbons (Fsp3) is 0.423. The third kappa shape index (κ3) is 5.24. The van der Waals surface area contributed by atoms with Gasteiger partial charge in [0.05, 0.1) is 30.8 Å². The molecular weight excluding hydrogens is 520 g/mol. The summed E-state index contributed by atoms with van der Waals surface area (Å²) in [5, 5.41) is 70.3. The second-order valence-electron chi connectivity index (χ2n) is 9.54. The third-order valence-corrected chi connectivity index (χ3v) is 6.85. The number of hydrogen-bond donors (Lipinski definition) is 7. The first-order valence-corrected chi connectivity index (χ1v) is 12.1. The monoisotopic (exact) mass is 548 g/mol. The van der Waals surface area contributed by atoms with Crippen LogP contribution >= 0.6 is 0 Å². The molecule has 5 rings (SSSR count). The highest BCUT2D eigenvalue weighted by molar-refractivity contribution is 5.82. The van der Waals surface area contributed by atoms with Gasteiger partial charge in [-0.3, -0.25) is 4.79 Å².